The zero-order chi connectivity index (χ0) is 16.7. The smallest absolute Gasteiger partial charge is 0.434 e. The molecule has 1 heterocycles. The number of ether oxygens (including phenoxy) is 1. The van der Waals surface area contributed by atoms with E-state index in [1.807, 2.05) is 0 Å². The van der Waals surface area contributed by atoms with Crippen LogP contribution in [0.15, 0.2) is 24.3 Å². The molecule has 0 unspecified atom stereocenters. The van der Waals surface area contributed by atoms with Crippen molar-refractivity contribution in [3.63, 3.8) is 0 Å². The molecule has 0 N–H and O–H groups in total. The second-order valence-electron chi connectivity index (χ2n) is 4.50. The molecule has 2 aromatic rings. The Balaban J connectivity index is 2.56. The van der Waals surface area contributed by atoms with E-state index in [1.165, 1.54) is 25.1 Å². The first-order valence-corrected chi connectivity index (χ1v) is 6.23. The summed E-state index contributed by atoms with van der Waals surface area (Å²) in [5, 5.41) is 0.107. The molecule has 0 bridgehead atoms. The summed E-state index contributed by atoms with van der Waals surface area (Å²) in [6.45, 7) is 1.43. The Morgan fingerprint density at radius 2 is 1.64 bits per heavy atom. The van der Waals surface area contributed by atoms with Crippen molar-refractivity contribution in [2.24, 2.45) is 0 Å². The van der Waals surface area contributed by atoms with Crippen LogP contribution in [0.3, 0.4) is 0 Å². The van der Waals surface area contributed by atoms with Gasteiger partial charge < -0.3 is 4.74 Å². The fourth-order valence-electron chi connectivity index (χ4n) is 1.84. The summed E-state index contributed by atoms with van der Waals surface area (Å²) in [5.41, 5.74) is 0.399. The van der Waals surface area contributed by atoms with Crippen LogP contribution in [0.2, 0.25) is 5.02 Å². The lowest BCUT2D eigenvalue weighted by Crippen LogP contribution is -2.46. The van der Waals surface area contributed by atoms with Gasteiger partial charge in [-0.15, -0.1) is 0 Å². The Labute approximate surface area is 125 Å². The van der Waals surface area contributed by atoms with E-state index in [1.54, 1.807) is 0 Å². The van der Waals surface area contributed by atoms with Crippen LogP contribution in [0, 0.1) is 6.92 Å². The zero-order valence-corrected chi connectivity index (χ0v) is 11.6. The average Bonchev–Trinajstić information content (AvgIpc) is 2.33. The van der Waals surface area contributed by atoms with Crippen molar-refractivity contribution in [3.8, 4) is 5.75 Å². The Kier molecular flexibility index (Phi) is 4.16. The van der Waals surface area contributed by atoms with Crippen LogP contribution < -0.4 is 4.74 Å². The summed E-state index contributed by atoms with van der Waals surface area (Å²) in [5.74, 6) is -0.579. The van der Waals surface area contributed by atoms with Crippen molar-refractivity contribution < 1.29 is 31.1 Å². The molecule has 0 amide bonds. The summed E-state index contributed by atoms with van der Waals surface area (Å²) < 4.78 is 79.8. The van der Waals surface area contributed by atoms with Gasteiger partial charge in [0.2, 0.25) is 0 Å². The number of nitrogens with zero attached hydrogens (tertiary/aromatic N) is 1. The average molecular weight is 344 g/mol. The molecule has 0 saturated carbocycles. The number of halogens is 7. The van der Waals surface area contributed by atoms with Crippen LogP contribution in [-0.4, -0.2) is 23.4 Å². The number of alkyl halides is 6. The molecule has 0 fully saturated rings. The SMILES string of the molecule is Cc1cc(OC(C(F)(F)F)C(F)(F)F)c2cc(Cl)ccc2n1. The fraction of sp³-hybridized carbons (Fsp3) is 0.308. The number of rotatable bonds is 2. The third kappa shape index (κ3) is 3.55. The van der Waals surface area contributed by atoms with Gasteiger partial charge in [-0.25, -0.2) is 0 Å². The van der Waals surface area contributed by atoms with Gasteiger partial charge in [0.25, 0.3) is 6.10 Å². The molecule has 0 aliphatic carbocycles. The maximum atomic E-state index is 12.6. The summed E-state index contributed by atoms with van der Waals surface area (Å²) in [7, 11) is 0. The summed E-state index contributed by atoms with van der Waals surface area (Å²) in [6, 6.07) is 5.00. The van der Waals surface area contributed by atoms with Crippen molar-refractivity contribution in [2.75, 3.05) is 0 Å². The minimum absolute atomic E-state index is 0.0309. The van der Waals surface area contributed by atoms with Gasteiger partial charge in [0, 0.05) is 22.2 Å². The van der Waals surface area contributed by atoms with Crippen LogP contribution >= 0.6 is 11.6 Å². The molecule has 9 heteroatoms. The van der Waals surface area contributed by atoms with Crippen molar-refractivity contribution in [2.45, 2.75) is 25.4 Å². The number of aryl methyl sites for hydroxylation is 1. The van der Waals surface area contributed by atoms with Gasteiger partial charge in [0.1, 0.15) is 5.75 Å². The fourth-order valence-corrected chi connectivity index (χ4v) is 2.01. The minimum atomic E-state index is -5.60. The molecule has 1 aromatic carbocycles. The molecule has 2 rings (SSSR count). The molecular weight excluding hydrogens is 336 g/mol. The topological polar surface area (TPSA) is 22.1 Å². The van der Waals surface area contributed by atoms with Gasteiger partial charge in [-0.1, -0.05) is 11.6 Å². The first kappa shape index (κ1) is 16.7. The van der Waals surface area contributed by atoms with E-state index in [4.69, 9.17) is 11.6 Å². The number of fused-ring (bicyclic) bond motifs is 1. The van der Waals surface area contributed by atoms with Crippen LogP contribution in [0.5, 0.6) is 5.75 Å². The molecule has 22 heavy (non-hydrogen) atoms. The highest BCUT2D eigenvalue weighted by Crippen LogP contribution is 2.38. The van der Waals surface area contributed by atoms with E-state index in [2.05, 4.69) is 9.72 Å². The predicted octanol–water partition coefficient (Wildman–Crippen LogP) is 5.07. The summed E-state index contributed by atoms with van der Waals surface area (Å²) >= 11 is 5.72. The molecule has 0 spiro atoms. The van der Waals surface area contributed by atoms with E-state index in [0.29, 0.717) is 0 Å². The van der Waals surface area contributed by atoms with Gasteiger partial charge >= 0.3 is 12.4 Å². The molecular formula is C13H8ClF6NO. The second-order valence-corrected chi connectivity index (χ2v) is 4.94. The van der Waals surface area contributed by atoms with Gasteiger partial charge in [0.15, 0.2) is 0 Å². The van der Waals surface area contributed by atoms with Crippen molar-refractivity contribution in [3.05, 3.63) is 35.0 Å². The van der Waals surface area contributed by atoms with E-state index >= 15 is 0 Å². The quantitative estimate of drug-likeness (QED) is 0.710. The number of benzene rings is 1. The summed E-state index contributed by atoms with van der Waals surface area (Å²) in [6.07, 6.45) is -15.1. The second kappa shape index (κ2) is 5.49. The number of hydrogen-bond donors (Lipinski definition) is 0. The lowest BCUT2D eigenvalue weighted by molar-refractivity contribution is -0.299. The third-order valence-corrected chi connectivity index (χ3v) is 2.94. The summed E-state index contributed by atoms with van der Waals surface area (Å²) in [4.78, 5) is 4.01. The Bertz CT molecular complexity index is 683. The standard InChI is InChI=1S/C13H8ClF6NO/c1-6-4-10(8-5-7(14)2-3-9(8)21-6)22-11(12(15,16)17)13(18,19)20/h2-5,11H,1H3. The number of pyridine rings is 1. The molecule has 120 valence electrons. The maximum Gasteiger partial charge on any atom is 0.434 e. The van der Waals surface area contributed by atoms with Gasteiger partial charge in [-0.05, 0) is 25.1 Å². The van der Waals surface area contributed by atoms with E-state index in [0.717, 1.165) is 6.07 Å². The van der Waals surface area contributed by atoms with E-state index in [9.17, 15) is 26.3 Å². The molecule has 0 aliphatic heterocycles. The Morgan fingerprint density at radius 1 is 1.05 bits per heavy atom. The van der Waals surface area contributed by atoms with Gasteiger partial charge in [0.05, 0.1) is 5.52 Å². The highest BCUT2D eigenvalue weighted by atomic mass is 35.5. The molecule has 0 atom stereocenters. The molecule has 0 aliphatic rings. The van der Waals surface area contributed by atoms with E-state index in [-0.39, 0.29) is 21.6 Å². The van der Waals surface area contributed by atoms with Gasteiger partial charge in [-0.2, -0.15) is 26.3 Å². The van der Waals surface area contributed by atoms with Crippen molar-refractivity contribution in [1.82, 2.24) is 4.98 Å². The van der Waals surface area contributed by atoms with Crippen molar-refractivity contribution in [1.29, 1.82) is 0 Å². The molecule has 0 radical (unpaired) electrons. The number of hydrogen-bond acceptors (Lipinski definition) is 2. The molecule has 1 aromatic heterocycles. The van der Waals surface area contributed by atoms with E-state index < -0.39 is 24.2 Å². The monoisotopic (exact) mass is 343 g/mol. The lowest BCUT2D eigenvalue weighted by atomic mass is 10.2. The third-order valence-electron chi connectivity index (χ3n) is 2.70. The number of aromatic nitrogens is 1. The van der Waals surface area contributed by atoms with Gasteiger partial charge in [-0.3, -0.25) is 4.98 Å². The minimum Gasteiger partial charge on any atom is -0.471 e. The zero-order valence-electron chi connectivity index (χ0n) is 10.9. The highest BCUT2D eigenvalue weighted by molar-refractivity contribution is 6.31. The lowest BCUT2D eigenvalue weighted by Gasteiger charge is -2.24. The first-order chi connectivity index (χ1) is 9.98. The van der Waals surface area contributed by atoms with Crippen LogP contribution in [0.1, 0.15) is 5.69 Å². The Hall–Kier alpha value is -1.70. The molecule has 2 nitrogen and oxygen atoms in total. The largest absolute Gasteiger partial charge is 0.471 e. The van der Waals surface area contributed by atoms with Crippen LogP contribution in [0.4, 0.5) is 26.3 Å². The normalized spacial score (nSPS) is 13.0. The van der Waals surface area contributed by atoms with Crippen molar-refractivity contribution >= 4 is 22.5 Å². The highest BCUT2D eigenvalue weighted by Gasteiger charge is 2.59. The first-order valence-electron chi connectivity index (χ1n) is 5.85. The Morgan fingerprint density at radius 3 is 2.18 bits per heavy atom. The maximum absolute atomic E-state index is 12.6. The van der Waals surface area contributed by atoms with Crippen LogP contribution in [0.25, 0.3) is 10.9 Å². The molecule has 0 saturated heterocycles. The predicted molar refractivity (Wildman–Crippen MR) is 68.0 cm³/mol. The van der Waals surface area contributed by atoms with Crippen LogP contribution in [-0.2, 0) is 0 Å².